The van der Waals surface area contributed by atoms with E-state index in [0.717, 1.165) is 10.9 Å². The minimum absolute atomic E-state index is 0.236. The number of halogens is 9. The van der Waals surface area contributed by atoms with Crippen LogP contribution in [0.25, 0.3) is 11.8 Å². The van der Waals surface area contributed by atoms with Crippen LogP contribution in [0.2, 0.25) is 10.0 Å². The van der Waals surface area contributed by atoms with Gasteiger partial charge in [0.05, 0.1) is 15.6 Å². The highest BCUT2D eigenvalue weighted by molar-refractivity contribution is 6.37. The maximum absolute atomic E-state index is 12.7. The molecule has 3 nitrogen and oxygen atoms in total. The van der Waals surface area contributed by atoms with Gasteiger partial charge in [-0.15, -0.1) is 0 Å². The fourth-order valence-corrected chi connectivity index (χ4v) is 2.64. The van der Waals surface area contributed by atoms with Crippen LogP contribution < -0.4 is 0 Å². The molecule has 0 N–H and O–H groups in total. The molecule has 0 amide bonds. The summed E-state index contributed by atoms with van der Waals surface area (Å²) < 4.78 is 76.6. The molecular formula is C14H4Cl3F6N3. The van der Waals surface area contributed by atoms with Crippen LogP contribution in [0.15, 0.2) is 23.4 Å². The van der Waals surface area contributed by atoms with Crippen LogP contribution in [0.1, 0.15) is 16.8 Å². The van der Waals surface area contributed by atoms with Crippen molar-refractivity contribution in [2.75, 3.05) is 0 Å². The molecule has 0 atom stereocenters. The maximum Gasteiger partial charge on any atom is 0.426 e. The van der Waals surface area contributed by atoms with E-state index in [0.29, 0.717) is 18.2 Å². The molecule has 0 aliphatic rings. The monoisotopic (exact) mass is 433 g/mol. The van der Waals surface area contributed by atoms with Crippen molar-refractivity contribution in [1.82, 2.24) is 9.78 Å². The smallest absolute Gasteiger partial charge is 0.236 e. The maximum atomic E-state index is 12.7. The van der Waals surface area contributed by atoms with Gasteiger partial charge >= 0.3 is 12.4 Å². The Balaban J connectivity index is 2.60. The first-order valence-corrected chi connectivity index (χ1v) is 7.48. The summed E-state index contributed by atoms with van der Waals surface area (Å²) in [4.78, 5) is 0. The Kier molecular flexibility index (Phi) is 5.52. The summed E-state index contributed by atoms with van der Waals surface area (Å²) >= 11 is 16.7. The van der Waals surface area contributed by atoms with E-state index in [-0.39, 0.29) is 11.3 Å². The zero-order valence-corrected chi connectivity index (χ0v) is 14.3. The number of hydrogen-bond acceptors (Lipinski definition) is 2. The van der Waals surface area contributed by atoms with Gasteiger partial charge in [0.15, 0.2) is 5.69 Å². The van der Waals surface area contributed by atoms with Gasteiger partial charge in [0, 0.05) is 11.8 Å². The summed E-state index contributed by atoms with van der Waals surface area (Å²) in [5.41, 5.74) is -2.13. The number of allylic oxidation sites excluding steroid dienone is 1. The lowest BCUT2D eigenvalue weighted by atomic mass is 10.2. The lowest BCUT2D eigenvalue weighted by Crippen LogP contribution is -2.07. The van der Waals surface area contributed by atoms with Gasteiger partial charge in [0.2, 0.25) is 0 Å². The van der Waals surface area contributed by atoms with Crippen molar-refractivity contribution in [1.29, 1.82) is 5.26 Å². The van der Waals surface area contributed by atoms with E-state index in [9.17, 15) is 26.3 Å². The summed E-state index contributed by atoms with van der Waals surface area (Å²) in [5, 5.41) is 10.2. The third-order valence-electron chi connectivity index (χ3n) is 2.97. The summed E-state index contributed by atoms with van der Waals surface area (Å²) in [5.74, 6) is 0. The van der Waals surface area contributed by atoms with Crippen LogP contribution in [0.4, 0.5) is 26.3 Å². The fourth-order valence-electron chi connectivity index (χ4n) is 1.86. The van der Waals surface area contributed by atoms with Crippen LogP contribution in [0.5, 0.6) is 0 Å². The number of rotatable bonds is 2. The molecular weight excluding hydrogens is 431 g/mol. The van der Waals surface area contributed by atoms with Crippen molar-refractivity contribution in [3.05, 3.63) is 50.2 Å². The van der Waals surface area contributed by atoms with E-state index in [1.807, 2.05) is 0 Å². The molecule has 0 unspecified atom stereocenters. The topological polar surface area (TPSA) is 41.6 Å². The zero-order chi connectivity index (χ0) is 19.9. The van der Waals surface area contributed by atoms with Gasteiger partial charge in [-0.05, 0) is 18.2 Å². The van der Waals surface area contributed by atoms with Crippen molar-refractivity contribution in [3.8, 4) is 11.8 Å². The second-order valence-corrected chi connectivity index (χ2v) is 5.99. The van der Waals surface area contributed by atoms with Crippen molar-refractivity contribution in [2.24, 2.45) is 0 Å². The lowest BCUT2D eigenvalue weighted by molar-refractivity contribution is -0.137. The van der Waals surface area contributed by atoms with Gasteiger partial charge in [-0.2, -0.15) is 36.7 Å². The number of alkyl halides is 6. The molecule has 26 heavy (non-hydrogen) atoms. The molecule has 0 saturated heterocycles. The summed E-state index contributed by atoms with van der Waals surface area (Å²) in [6.45, 7) is 0. The Hall–Kier alpha value is -1.89. The normalized spacial score (nSPS) is 13.0. The number of aromatic nitrogens is 2. The van der Waals surface area contributed by atoms with Crippen LogP contribution in [-0.2, 0) is 6.18 Å². The van der Waals surface area contributed by atoms with Gasteiger partial charge in [-0.25, -0.2) is 4.68 Å². The molecule has 1 heterocycles. The summed E-state index contributed by atoms with van der Waals surface area (Å²) in [7, 11) is 0. The average molecular weight is 435 g/mol. The second-order valence-electron chi connectivity index (χ2n) is 4.77. The standard InChI is InChI=1S/C14H4Cl3F6N3/c15-8-2-7(13(18,19)20)3-9(16)12(8)26-5-6(10(4-24)25-26)1-11(17)14(21,22)23/h1-3,5H. The van der Waals surface area contributed by atoms with Gasteiger partial charge < -0.3 is 0 Å². The highest BCUT2D eigenvalue weighted by atomic mass is 35.5. The molecule has 12 heteroatoms. The zero-order valence-electron chi connectivity index (χ0n) is 12.1. The molecule has 0 saturated carbocycles. The quantitative estimate of drug-likeness (QED) is 0.527. The van der Waals surface area contributed by atoms with Crippen molar-refractivity contribution < 1.29 is 26.3 Å². The van der Waals surface area contributed by atoms with Crippen molar-refractivity contribution in [3.63, 3.8) is 0 Å². The molecule has 1 aromatic carbocycles. The first-order valence-electron chi connectivity index (χ1n) is 6.35. The molecule has 0 spiro atoms. The Bertz CT molecular complexity index is 898. The molecule has 1 aromatic heterocycles. The fraction of sp³-hybridized carbons (Fsp3) is 0.143. The van der Waals surface area contributed by atoms with Crippen molar-refractivity contribution in [2.45, 2.75) is 12.4 Å². The van der Waals surface area contributed by atoms with Crippen LogP contribution in [0.3, 0.4) is 0 Å². The third kappa shape index (κ3) is 4.26. The van der Waals surface area contributed by atoms with E-state index in [1.54, 1.807) is 6.07 Å². The number of nitrogens with zero attached hydrogens (tertiary/aromatic N) is 3. The Labute approximate surface area is 157 Å². The summed E-state index contributed by atoms with van der Waals surface area (Å²) in [6, 6.07) is 2.70. The van der Waals surface area contributed by atoms with Gasteiger partial charge in [0.25, 0.3) is 0 Å². The minimum Gasteiger partial charge on any atom is -0.236 e. The summed E-state index contributed by atoms with van der Waals surface area (Å²) in [6.07, 6.45) is -8.16. The highest BCUT2D eigenvalue weighted by Gasteiger charge is 2.34. The largest absolute Gasteiger partial charge is 0.426 e. The molecule has 138 valence electrons. The van der Waals surface area contributed by atoms with Crippen LogP contribution >= 0.6 is 34.8 Å². The molecule has 0 aliphatic heterocycles. The number of nitriles is 1. The third-order valence-corrected chi connectivity index (χ3v) is 3.87. The van der Waals surface area contributed by atoms with E-state index >= 15 is 0 Å². The van der Waals surface area contributed by atoms with Crippen molar-refractivity contribution >= 4 is 40.9 Å². The minimum atomic E-state index is -4.85. The number of benzene rings is 1. The van der Waals surface area contributed by atoms with Crippen LogP contribution in [0, 0.1) is 11.3 Å². The lowest BCUT2D eigenvalue weighted by Gasteiger charge is -2.12. The Morgan fingerprint density at radius 1 is 1.12 bits per heavy atom. The van der Waals surface area contributed by atoms with E-state index < -0.39 is 38.7 Å². The van der Waals surface area contributed by atoms with Gasteiger partial charge in [0.1, 0.15) is 16.8 Å². The molecule has 2 aromatic rings. The molecule has 0 bridgehead atoms. The molecule has 0 aliphatic carbocycles. The molecule has 0 fully saturated rings. The second kappa shape index (κ2) is 7.02. The van der Waals surface area contributed by atoms with Gasteiger partial charge in [-0.3, -0.25) is 0 Å². The van der Waals surface area contributed by atoms with E-state index in [4.69, 9.17) is 40.1 Å². The number of hydrogen-bond donors (Lipinski definition) is 0. The van der Waals surface area contributed by atoms with E-state index in [2.05, 4.69) is 5.10 Å². The SMILES string of the molecule is N#Cc1nn(-c2c(Cl)cc(C(F)(F)F)cc2Cl)cc1C=C(Cl)C(F)(F)F. The highest BCUT2D eigenvalue weighted by Crippen LogP contribution is 2.38. The Morgan fingerprint density at radius 2 is 1.65 bits per heavy atom. The molecule has 0 radical (unpaired) electrons. The predicted molar refractivity (Wildman–Crippen MR) is 83.2 cm³/mol. The molecule has 2 rings (SSSR count). The first-order chi connectivity index (χ1) is 11.8. The average Bonchev–Trinajstić information content (AvgIpc) is 2.87. The first kappa shape index (κ1) is 20.4. The van der Waals surface area contributed by atoms with Gasteiger partial charge in [-0.1, -0.05) is 34.8 Å². The Morgan fingerprint density at radius 3 is 2.08 bits per heavy atom. The predicted octanol–water partition coefficient (Wildman–Crippen LogP) is 6.21. The van der Waals surface area contributed by atoms with E-state index in [1.165, 1.54) is 0 Å². The van der Waals surface area contributed by atoms with Crippen LogP contribution in [-0.4, -0.2) is 16.0 Å².